The van der Waals surface area contributed by atoms with Crippen molar-refractivity contribution < 1.29 is 9.59 Å². The molecule has 0 unspecified atom stereocenters. The van der Waals surface area contributed by atoms with Gasteiger partial charge in [0, 0.05) is 26.2 Å². The first-order chi connectivity index (χ1) is 12.4. The first kappa shape index (κ1) is 19.9. The monoisotopic (exact) mass is 356 g/mol. The number of hydrogen-bond donors (Lipinski definition) is 1. The molecule has 140 valence electrons. The molecule has 26 heavy (non-hydrogen) atoms. The molecular formula is C20H28N4O2. The lowest BCUT2D eigenvalue weighted by Crippen LogP contribution is -2.52. The van der Waals surface area contributed by atoms with E-state index >= 15 is 0 Å². The predicted octanol–water partition coefficient (Wildman–Crippen LogP) is 2.16. The Morgan fingerprint density at radius 1 is 1.15 bits per heavy atom. The zero-order valence-corrected chi connectivity index (χ0v) is 15.9. The molecule has 1 aromatic carbocycles. The van der Waals surface area contributed by atoms with Crippen LogP contribution in [0.2, 0.25) is 0 Å². The molecule has 0 bridgehead atoms. The Kier molecular flexibility index (Phi) is 6.76. The number of hydrogen-bond acceptors (Lipinski definition) is 4. The second-order valence-corrected chi connectivity index (χ2v) is 7.11. The first-order valence-electron chi connectivity index (χ1n) is 9.09. The average molecular weight is 356 g/mol. The lowest BCUT2D eigenvalue weighted by Gasteiger charge is -2.39. The van der Waals surface area contributed by atoms with Gasteiger partial charge < -0.3 is 10.2 Å². The summed E-state index contributed by atoms with van der Waals surface area (Å²) >= 11 is 0. The minimum atomic E-state index is -0.647. The van der Waals surface area contributed by atoms with Crippen LogP contribution < -0.4 is 5.32 Å². The molecule has 1 saturated carbocycles. The van der Waals surface area contributed by atoms with Gasteiger partial charge in [0.15, 0.2) is 0 Å². The van der Waals surface area contributed by atoms with E-state index in [1.807, 2.05) is 24.1 Å². The van der Waals surface area contributed by atoms with Gasteiger partial charge in [-0.3, -0.25) is 14.5 Å². The maximum atomic E-state index is 12.7. The number of rotatable bonds is 6. The maximum Gasteiger partial charge on any atom is 0.251 e. The Bertz CT molecular complexity index is 672. The zero-order chi connectivity index (χ0) is 19.2. The molecule has 0 spiro atoms. The molecule has 0 atom stereocenters. The van der Waals surface area contributed by atoms with E-state index in [-0.39, 0.29) is 18.4 Å². The summed E-state index contributed by atoms with van der Waals surface area (Å²) in [6.07, 6.45) is 4.65. The third-order valence-electron chi connectivity index (χ3n) is 5.21. The average Bonchev–Trinajstić information content (AvgIpc) is 2.67. The summed E-state index contributed by atoms with van der Waals surface area (Å²) in [4.78, 5) is 27.8. The molecule has 2 amide bonds. The standard InChI is InChI=1S/C20H28N4O2/c1-22-19(26)17-9-7-16(8-10-17)13-23(2)14-18(25)24(3)20(15-21)11-5-4-6-12-20/h7-10H,4-6,11-14H2,1-3H3,(H,22,26). The van der Waals surface area contributed by atoms with E-state index in [1.165, 1.54) is 0 Å². The van der Waals surface area contributed by atoms with Crippen molar-refractivity contribution in [3.8, 4) is 6.07 Å². The predicted molar refractivity (Wildman–Crippen MR) is 100 cm³/mol. The fourth-order valence-corrected chi connectivity index (χ4v) is 3.51. The lowest BCUT2D eigenvalue weighted by molar-refractivity contribution is -0.135. The van der Waals surface area contributed by atoms with Gasteiger partial charge in [0.25, 0.3) is 5.91 Å². The van der Waals surface area contributed by atoms with E-state index in [9.17, 15) is 14.9 Å². The van der Waals surface area contributed by atoms with Gasteiger partial charge in [-0.15, -0.1) is 0 Å². The summed E-state index contributed by atoms with van der Waals surface area (Å²) in [6.45, 7) is 0.865. The molecule has 0 aromatic heterocycles. The molecule has 1 fully saturated rings. The number of likely N-dealkylation sites (N-methyl/N-ethyl adjacent to an activating group) is 2. The van der Waals surface area contributed by atoms with Gasteiger partial charge >= 0.3 is 0 Å². The Labute approximate surface area is 155 Å². The molecule has 1 aromatic rings. The molecule has 1 aliphatic carbocycles. The van der Waals surface area contributed by atoms with Crippen molar-refractivity contribution in [3.63, 3.8) is 0 Å². The molecule has 0 radical (unpaired) electrons. The molecule has 6 nitrogen and oxygen atoms in total. The molecule has 1 aliphatic rings. The molecule has 0 heterocycles. The number of nitrogens with zero attached hydrogens (tertiary/aromatic N) is 3. The largest absolute Gasteiger partial charge is 0.355 e. The van der Waals surface area contributed by atoms with E-state index in [0.29, 0.717) is 12.1 Å². The van der Waals surface area contributed by atoms with Crippen molar-refractivity contribution in [1.29, 1.82) is 5.26 Å². The van der Waals surface area contributed by atoms with Gasteiger partial charge in [-0.2, -0.15) is 5.26 Å². The Morgan fingerprint density at radius 3 is 2.31 bits per heavy atom. The van der Waals surface area contributed by atoms with Gasteiger partial charge in [0.2, 0.25) is 5.91 Å². The van der Waals surface area contributed by atoms with Crippen molar-refractivity contribution in [2.75, 3.05) is 27.7 Å². The smallest absolute Gasteiger partial charge is 0.251 e. The fourth-order valence-electron chi connectivity index (χ4n) is 3.51. The first-order valence-corrected chi connectivity index (χ1v) is 9.09. The highest BCUT2D eigenvalue weighted by molar-refractivity contribution is 5.93. The van der Waals surface area contributed by atoms with Crippen LogP contribution in [0.5, 0.6) is 0 Å². The van der Waals surface area contributed by atoms with E-state index in [4.69, 9.17) is 0 Å². The van der Waals surface area contributed by atoms with Crippen LogP contribution in [0.25, 0.3) is 0 Å². The van der Waals surface area contributed by atoms with Crippen LogP contribution in [0, 0.1) is 11.3 Å². The van der Waals surface area contributed by atoms with Gasteiger partial charge in [-0.25, -0.2) is 0 Å². The Morgan fingerprint density at radius 2 is 1.77 bits per heavy atom. The Balaban J connectivity index is 1.94. The second-order valence-electron chi connectivity index (χ2n) is 7.11. The number of nitrogens with one attached hydrogen (secondary N) is 1. The molecule has 6 heteroatoms. The van der Waals surface area contributed by atoms with E-state index < -0.39 is 5.54 Å². The summed E-state index contributed by atoms with van der Waals surface area (Å²) in [5.74, 6) is -0.145. The maximum absolute atomic E-state index is 12.7. The fraction of sp³-hybridized carbons (Fsp3) is 0.550. The topological polar surface area (TPSA) is 76.4 Å². The van der Waals surface area contributed by atoms with Crippen LogP contribution in [-0.2, 0) is 11.3 Å². The minimum Gasteiger partial charge on any atom is -0.355 e. The molecule has 0 aliphatic heterocycles. The molecule has 1 N–H and O–H groups in total. The van der Waals surface area contributed by atoms with Crippen molar-refractivity contribution >= 4 is 11.8 Å². The van der Waals surface area contributed by atoms with E-state index in [1.54, 1.807) is 31.1 Å². The van der Waals surface area contributed by atoms with Crippen LogP contribution in [0.3, 0.4) is 0 Å². The van der Waals surface area contributed by atoms with Crippen molar-refractivity contribution in [2.45, 2.75) is 44.2 Å². The summed E-state index contributed by atoms with van der Waals surface area (Å²) in [6, 6.07) is 9.74. The summed E-state index contributed by atoms with van der Waals surface area (Å²) in [5.41, 5.74) is 0.997. The van der Waals surface area contributed by atoms with Gasteiger partial charge in [-0.1, -0.05) is 31.4 Å². The van der Waals surface area contributed by atoms with Crippen LogP contribution in [0.4, 0.5) is 0 Å². The third-order valence-corrected chi connectivity index (χ3v) is 5.21. The lowest BCUT2D eigenvalue weighted by atomic mass is 9.81. The molecule has 0 saturated heterocycles. The van der Waals surface area contributed by atoms with E-state index in [0.717, 1.165) is 37.7 Å². The van der Waals surface area contributed by atoms with Gasteiger partial charge in [-0.05, 0) is 37.6 Å². The van der Waals surface area contributed by atoms with Crippen LogP contribution in [-0.4, -0.2) is 54.8 Å². The highest BCUT2D eigenvalue weighted by atomic mass is 16.2. The van der Waals surface area contributed by atoms with Crippen molar-refractivity contribution in [3.05, 3.63) is 35.4 Å². The SMILES string of the molecule is CNC(=O)c1ccc(CN(C)CC(=O)N(C)C2(C#N)CCCCC2)cc1. The Hall–Kier alpha value is -2.39. The molecule has 2 rings (SSSR count). The quantitative estimate of drug-likeness (QED) is 0.847. The van der Waals surface area contributed by atoms with Crippen molar-refractivity contribution in [1.82, 2.24) is 15.1 Å². The normalized spacial score (nSPS) is 16.0. The third kappa shape index (κ3) is 4.61. The second kappa shape index (κ2) is 8.81. The number of nitriles is 1. The van der Waals surface area contributed by atoms with Crippen molar-refractivity contribution in [2.24, 2.45) is 0 Å². The number of amides is 2. The summed E-state index contributed by atoms with van der Waals surface area (Å²) < 4.78 is 0. The minimum absolute atomic E-state index is 0.0297. The highest BCUT2D eigenvalue weighted by Gasteiger charge is 2.38. The van der Waals surface area contributed by atoms with Crippen LogP contribution in [0.1, 0.15) is 48.0 Å². The molecular weight excluding hydrogens is 328 g/mol. The van der Waals surface area contributed by atoms with Crippen LogP contribution >= 0.6 is 0 Å². The van der Waals surface area contributed by atoms with E-state index in [2.05, 4.69) is 11.4 Å². The number of carbonyl (C=O) groups excluding carboxylic acids is 2. The highest BCUT2D eigenvalue weighted by Crippen LogP contribution is 2.32. The van der Waals surface area contributed by atoms with Gasteiger partial charge in [0.05, 0.1) is 12.6 Å². The summed E-state index contributed by atoms with van der Waals surface area (Å²) in [7, 11) is 5.24. The van der Waals surface area contributed by atoms with Gasteiger partial charge in [0.1, 0.15) is 5.54 Å². The zero-order valence-electron chi connectivity index (χ0n) is 15.9. The summed E-state index contributed by atoms with van der Waals surface area (Å²) in [5, 5.41) is 12.2. The van der Waals surface area contributed by atoms with Crippen LogP contribution in [0.15, 0.2) is 24.3 Å². The number of carbonyl (C=O) groups is 2. The number of benzene rings is 1.